The van der Waals surface area contributed by atoms with Gasteiger partial charge in [0.2, 0.25) is 5.91 Å². The summed E-state index contributed by atoms with van der Waals surface area (Å²) in [5.41, 5.74) is 1.79. The highest BCUT2D eigenvalue weighted by Gasteiger charge is 2.32. The van der Waals surface area contributed by atoms with E-state index in [-0.39, 0.29) is 11.9 Å². The second-order valence-corrected chi connectivity index (χ2v) is 9.84. The number of amides is 1. The van der Waals surface area contributed by atoms with Gasteiger partial charge in [0.1, 0.15) is 5.75 Å². The molecule has 2 aromatic carbocycles. The second-order valence-electron chi connectivity index (χ2n) is 9.06. The summed E-state index contributed by atoms with van der Waals surface area (Å²) < 4.78 is 11.4. The first-order chi connectivity index (χ1) is 16.0. The van der Waals surface area contributed by atoms with Crippen molar-refractivity contribution >= 4 is 17.2 Å². The van der Waals surface area contributed by atoms with Gasteiger partial charge in [-0.05, 0) is 78.9 Å². The summed E-state index contributed by atoms with van der Waals surface area (Å²) in [5.74, 6) is 2.34. The Balaban J connectivity index is 1.29. The third-order valence-corrected chi connectivity index (χ3v) is 7.02. The maximum Gasteiger partial charge on any atom is 0.230 e. The average Bonchev–Trinajstić information content (AvgIpc) is 3.37. The van der Waals surface area contributed by atoms with E-state index >= 15 is 0 Å². The molecule has 33 heavy (non-hydrogen) atoms. The number of thiophene rings is 1. The van der Waals surface area contributed by atoms with Gasteiger partial charge in [0.25, 0.3) is 0 Å². The molecule has 1 saturated heterocycles. The largest absolute Gasteiger partial charge is 0.493 e. The van der Waals surface area contributed by atoms with E-state index in [1.165, 1.54) is 5.56 Å². The SMILES string of the molecule is COc1ccccc1Oc1cccc(CN2CCC(NC(=O)C(C)(C)c3ccsc3)CC2)c1. The van der Waals surface area contributed by atoms with E-state index in [1.807, 2.05) is 61.7 Å². The van der Waals surface area contributed by atoms with Crippen LogP contribution in [0.15, 0.2) is 65.4 Å². The maximum absolute atomic E-state index is 12.9. The first-order valence-corrected chi connectivity index (χ1v) is 12.4. The fraction of sp³-hybridized carbons (Fsp3) is 0.370. The smallest absolute Gasteiger partial charge is 0.230 e. The van der Waals surface area contributed by atoms with Crippen LogP contribution in [0.25, 0.3) is 0 Å². The lowest BCUT2D eigenvalue weighted by molar-refractivity contribution is -0.126. The molecule has 0 atom stereocenters. The highest BCUT2D eigenvalue weighted by molar-refractivity contribution is 7.08. The first-order valence-electron chi connectivity index (χ1n) is 11.4. The Bertz CT molecular complexity index is 1060. The second kappa shape index (κ2) is 10.4. The van der Waals surface area contributed by atoms with Crippen LogP contribution in [0.5, 0.6) is 17.2 Å². The van der Waals surface area contributed by atoms with E-state index < -0.39 is 5.41 Å². The van der Waals surface area contributed by atoms with Crippen molar-refractivity contribution in [2.45, 2.75) is 44.7 Å². The summed E-state index contributed by atoms with van der Waals surface area (Å²) in [6, 6.07) is 18.1. The van der Waals surface area contributed by atoms with Crippen molar-refractivity contribution in [3.8, 4) is 17.2 Å². The average molecular weight is 465 g/mol. The quantitative estimate of drug-likeness (QED) is 0.471. The van der Waals surface area contributed by atoms with Gasteiger partial charge in [0.05, 0.1) is 12.5 Å². The minimum atomic E-state index is -0.501. The van der Waals surface area contributed by atoms with Gasteiger partial charge in [-0.3, -0.25) is 9.69 Å². The van der Waals surface area contributed by atoms with E-state index in [1.54, 1.807) is 18.4 Å². The van der Waals surface area contributed by atoms with Crippen LogP contribution in [0.4, 0.5) is 0 Å². The van der Waals surface area contributed by atoms with Gasteiger partial charge in [0, 0.05) is 25.7 Å². The van der Waals surface area contributed by atoms with Crippen LogP contribution in [0.2, 0.25) is 0 Å². The van der Waals surface area contributed by atoms with Gasteiger partial charge < -0.3 is 14.8 Å². The van der Waals surface area contributed by atoms with Gasteiger partial charge in [0.15, 0.2) is 11.5 Å². The van der Waals surface area contributed by atoms with Crippen molar-refractivity contribution in [3.05, 3.63) is 76.5 Å². The van der Waals surface area contributed by atoms with Crippen molar-refractivity contribution in [1.29, 1.82) is 0 Å². The Morgan fingerprint density at radius 2 is 1.85 bits per heavy atom. The number of hydrogen-bond acceptors (Lipinski definition) is 5. The number of carbonyl (C=O) groups is 1. The number of piperidine rings is 1. The molecule has 0 radical (unpaired) electrons. The number of methoxy groups -OCH3 is 1. The fourth-order valence-electron chi connectivity index (χ4n) is 4.15. The van der Waals surface area contributed by atoms with E-state index in [2.05, 4.69) is 27.7 Å². The molecule has 3 aromatic rings. The van der Waals surface area contributed by atoms with Crippen molar-refractivity contribution in [1.82, 2.24) is 10.2 Å². The molecule has 0 unspecified atom stereocenters. The number of para-hydroxylation sites is 2. The third kappa shape index (κ3) is 5.75. The van der Waals surface area contributed by atoms with Crippen LogP contribution in [0.1, 0.15) is 37.8 Å². The molecule has 5 nitrogen and oxygen atoms in total. The van der Waals surface area contributed by atoms with Crippen molar-refractivity contribution in [2.75, 3.05) is 20.2 Å². The van der Waals surface area contributed by atoms with Crippen LogP contribution in [-0.2, 0) is 16.8 Å². The van der Waals surface area contributed by atoms with Crippen LogP contribution < -0.4 is 14.8 Å². The van der Waals surface area contributed by atoms with Gasteiger partial charge >= 0.3 is 0 Å². The van der Waals surface area contributed by atoms with Crippen LogP contribution >= 0.6 is 11.3 Å². The van der Waals surface area contributed by atoms with E-state index in [0.717, 1.165) is 43.8 Å². The van der Waals surface area contributed by atoms with Gasteiger partial charge in [-0.15, -0.1) is 0 Å². The topological polar surface area (TPSA) is 50.8 Å². The zero-order chi connectivity index (χ0) is 23.3. The molecule has 1 aliphatic heterocycles. The predicted octanol–water partition coefficient (Wildman–Crippen LogP) is 5.61. The lowest BCUT2D eigenvalue weighted by atomic mass is 9.85. The molecule has 0 aliphatic carbocycles. The van der Waals surface area contributed by atoms with Crippen molar-refractivity contribution in [2.24, 2.45) is 0 Å². The molecule has 4 rings (SSSR count). The Hall–Kier alpha value is -2.83. The third-order valence-electron chi connectivity index (χ3n) is 6.33. The molecule has 174 valence electrons. The van der Waals surface area contributed by atoms with Crippen LogP contribution in [0.3, 0.4) is 0 Å². The molecule has 2 heterocycles. The molecule has 1 amide bonds. The summed E-state index contributed by atoms with van der Waals surface area (Å²) in [4.78, 5) is 15.3. The summed E-state index contributed by atoms with van der Waals surface area (Å²) in [6.07, 6.45) is 1.92. The Morgan fingerprint density at radius 3 is 2.55 bits per heavy atom. The van der Waals surface area contributed by atoms with Crippen molar-refractivity contribution < 1.29 is 14.3 Å². The molecule has 0 bridgehead atoms. The minimum absolute atomic E-state index is 0.112. The number of nitrogens with zero attached hydrogens (tertiary/aromatic N) is 1. The number of hydrogen-bond donors (Lipinski definition) is 1. The molecule has 1 aromatic heterocycles. The highest BCUT2D eigenvalue weighted by atomic mass is 32.1. The maximum atomic E-state index is 12.9. The summed E-state index contributed by atoms with van der Waals surface area (Å²) >= 11 is 1.63. The standard InChI is InChI=1S/C27H32N2O3S/c1-27(2,21-13-16-33-19-21)26(30)28-22-11-14-29(15-12-22)18-20-7-6-8-23(17-20)32-25-10-5-4-9-24(25)31-3/h4-10,13,16-17,19,22H,11-12,14-15,18H2,1-3H3,(H,28,30). The summed E-state index contributed by atoms with van der Waals surface area (Å²) in [5, 5.41) is 7.38. The zero-order valence-electron chi connectivity index (χ0n) is 19.5. The Kier molecular flexibility index (Phi) is 7.36. The van der Waals surface area contributed by atoms with E-state index in [4.69, 9.17) is 9.47 Å². The molecular weight excluding hydrogens is 432 g/mol. The lowest BCUT2D eigenvalue weighted by Gasteiger charge is -2.34. The molecule has 0 spiro atoms. The van der Waals surface area contributed by atoms with Gasteiger partial charge in [-0.2, -0.15) is 11.3 Å². The van der Waals surface area contributed by atoms with Crippen LogP contribution in [-0.4, -0.2) is 37.0 Å². The highest BCUT2D eigenvalue weighted by Crippen LogP contribution is 2.31. The lowest BCUT2D eigenvalue weighted by Crippen LogP contribution is -2.49. The number of nitrogens with one attached hydrogen (secondary N) is 1. The molecular formula is C27H32N2O3S. The van der Waals surface area contributed by atoms with E-state index in [9.17, 15) is 4.79 Å². The summed E-state index contributed by atoms with van der Waals surface area (Å²) in [6.45, 7) is 6.78. The fourth-order valence-corrected chi connectivity index (χ4v) is 4.97. The van der Waals surface area contributed by atoms with Gasteiger partial charge in [-0.25, -0.2) is 0 Å². The zero-order valence-corrected chi connectivity index (χ0v) is 20.4. The first kappa shape index (κ1) is 23.3. The Labute approximate surface area is 200 Å². The molecule has 1 aliphatic rings. The molecule has 6 heteroatoms. The predicted molar refractivity (Wildman–Crippen MR) is 133 cm³/mol. The van der Waals surface area contributed by atoms with Gasteiger partial charge in [-0.1, -0.05) is 24.3 Å². The normalized spacial score (nSPS) is 15.2. The van der Waals surface area contributed by atoms with E-state index in [0.29, 0.717) is 11.5 Å². The summed E-state index contributed by atoms with van der Waals surface area (Å²) in [7, 11) is 1.65. The molecule has 1 fully saturated rings. The monoisotopic (exact) mass is 464 g/mol. The van der Waals surface area contributed by atoms with Crippen molar-refractivity contribution in [3.63, 3.8) is 0 Å². The number of benzene rings is 2. The molecule has 0 saturated carbocycles. The minimum Gasteiger partial charge on any atom is -0.493 e. The number of ether oxygens (including phenoxy) is 2. The number of likely N-dealkylation sites (tertiary alicyclic amines) is 1. The van der Waals surface area contributed by atoms with Crippen LogP contribution in [0, 0.1) is 0 Å². The number of carbonyl (C=O) groups excluding carboxylic acids is 1. The molecule has 1 N–H and O–H groups in total. The number of rotatable bonds is 8. The Morgan fingerprint density at radius 1 is 1.09 bits per heavy atom.